The molecule has 0 heterocycles. The number of rotatable bonds is 5. The van der Waals surface area contributed by atoms with Gasteiger partial charge in [-0.3, -0.25) is 9.59 Å². The van der Waals surface area contributed by atoms with Gasteiger partial charge in [-0.2, -0.15) is 0 Å². The zero-order chi connectivity index (χ0) is 11.4. The molecule has 0 bridgehead atoms. The summed E-state index contributed by atoms with van der Waals surface area (Å²) >= 11 is 0. The van der Waals surface area contributed by atoms with Crippen molar-refractivity contribution in [3.63, 3.8) is 0 Å². The van der Waals surface area contributed by atoms with Crippen LogP contribution in [0.3, 0.4) is 0 Å². The van der Waals surface area contributed by atoms with Gasteiger partial charge in [0, 0.05) is 4.91 Å². The van der Waals surface area contributed by atoms with Gasteiger partial charge < -0.3 is 10.2 Å². The molecule has 0 aromatic rings. The predicted molar refractivity (Wildman–Crippen MR) is 46.6 cm³/mol. The van der Waals surface area contributed by atoms with Gasteiger partial charge in [0.2, 0.25) is 0 Å². The van der Waals surface area contributed by atoms with Crippen LogP contribution in [0.25, 0.3) is 10.4 Å². The standard InChI is InChI=1S/C7H11N3O4/c1-7(2,3-4(11)12)5(6(13)14)9-10-8/h5H,3H2,1-2H3,(H,11,12)(H,13,14). The highest BCUT2D eigenvalue weighted by Crippen LogP contribution is 2.28. The molecule has 0 amide bonds. The molecule has 14 heavy (non-hydrogen) atoms. The monoisotopic (exact) mass is 201 g/mol. The zero-order valence-corrected chi connectivity index (χ0v) is 7.84. The molecule has 1 unspecified atom stereocenters. The average molecular weight is 201 g/mol. The first-order chi connectivity index (χ1) is 6.31. The molecule has 0 saturated carbocycles. The highest BCUT2D eigenvalue weighted by Gasteiger charge is 2.36. The number of azide groups is 1. The number of nitrogens with zero attached hydrogens (tertiary/aromatic N) is 3. The lowest BCUT2D eigenvalue weighted by Gasteiger charge is -2.25. The molecule has 0 spiro atoms. The summed E-state index contributed by atoms with van der Waals surface area (Å²) in [6.45, 7) is 2.85. The number of aliphatic carboxylic acids is 2. The molecule has 2 N–H and O–H groups in total. The second-order valence-corrected chi connectivity index (χ2v) is 3.50. The van der Waals surface area contributed by atoms with E-state index in [1.54, 1.807) is 0 Å². The van der Waals surface area contributed by atoms with Gasteiger partial charge in [-0.15, -0.1) is 0 Å². The van der Waals surface area contributed by atoms with E-state index in [2.05, 4.69) is 10.0 Å². The van der Waals surface area contributed by atoms with Crippen LogP contribution < -0.4 is 0 Å². The third kappa shape index (κ3) is 3.32. The normalized spacial score (nSPS) is 12.7. The molecule has 0 aliphatic rings. The molecule has 0 fully saturated rings. The predicted octanol–water partition coefficient (Wildman–Crippen LogP) is 1.25. The third-order valence-corrected chi connectivity index (χ3v) is 1.75. The van der Waals surface area contributed by atoms with Gasteiger partial charge >= 0.3 is 11.9 Å². The highest BCUT2D eigenvalue weighted by atomic mass is 16.4. The quantitative estimate of drug-likeness (QED) is 0.394. The van der Waals surface area contributed by atoms with Gasteiger partial charge in [0.15, 0.2) is 0 Å². The summed E-state index contributed by atoms with van der Waals surface area (Å²) in [5.41, 5.74) is 7.02. The van der Waals surface area contributed by atoms with Crippen LogP contribution in [0.4, 0.5) is 0 Å². The Morgan fingerprint density at radius 2 is 2.00 bits per heavy atom. The summed E-state index contributed by atoms with van der Waals surface area (Å²) in [5, 5.41) is 20.3. The molecule has 78 valence electrons. The number of hydrogen-bond acceptors (Lipinski definition) is 3. The second-order valence-electron chi connectivity index (χ2n) is 3.50. The fraction of sp³-hybridized carbons (Fsp3) is 0.714. The van der Waals surface area contributed by atoms with Gasteiger partial charge in [0.05, 0.1) is 6.42 Å². The molecule has 0 aromatic heterocycles. The number of carbonyl (C=O) groups is 2. The molecule has 0 saturated heterocycles. The number of carboxylic acid groups (broad SMARTS) is 2. The van der Waals surface area contributed by atoms with E-state index in [0.717, 1.165) is 0 Å². The van der Waals surface area contributed by atoms with Crippen LogP contribution in [0.2, 0.25) is 0 Å². The molecular formula is C7H11N3O4. The molecule has 0 aliphatic carbocycles. The van der Waals surface area contributed by atoms with Gasteiger partial charge in [0.25, 0.3) is 0 Å². The maximum Gasteiger partial charge on any atom is 0.313 e. The summed E-state index contributed by atoms with van der Waals surface area (Å²) in [5.74, 6) is -2.46. The van der Waals surface area contributed by atoms with Crippen LogP contribution in [0.1, 0.15) is 20.3 Å². The van der Waals surface area contributed by atoms with Crippen molar-refractivity contribution in [2.24, 2.45) is 10.5 Å². The topological polar surface area (TPSA) is 123 Å². The van der Waals surface area contributed by atoms with Crippen molar-refractivity contribution in [3.05, 3.63) is 10.4 Å². The smallest absolute Gasteiger partial charge is 0.313 e. The van der Waals surface area contributed by atoms with E-state index in [4.69, 9.17) is 15.7 Å². The Hall–Kier alpha value is -1.75. The van der Waals surface area contributed by atoms with Crippen LogP contribution in [-0.4, -0.2) is 28.2 Å². The molecule has 0 aromatic carbocycles. The van der Waals surface area contributed by atoms with Crippen molar-refractivity contribution in [2.75, 3.05) is 0 Å². The Labute approximate surface area is 80.0 Å². The molecule has 0 radical (unpaired) electrons. The van der Waals surface area contributed by atoms with E-state index in [0.29, 0.717) is 0 Å². The Morgan fingerprint density at radius 1 is 1.50 bits per heavy atom. The van der Waals surface area contributed by atoms with E-state index >= 15 is 0 Å². The third-order valence-electron chi connectivity index (χ3n) is 1.75. The zero-order valence-electron chi connectivity index (χ0n) is 7.84. The Kier molecular flexibility index (Phi) is 3.92. The first kappa shape index (κ1) is 12.2. The van der Waals surface area contributed by atoms with Crippen molar-refractivity contribution in [3.8, 4) is 0 Å². The summed E-state index contributed by atoms with van der Waals surface area (Å²) in [6.07, 6.45) is -0.372. The lowest BCUT2D eigenvalue weighted by Crippen LogP contribution is -2.36. The van der Waals surface area contributed by atoms with Crippen LogP contribution in [0.15, 0.2) is 5.11 Å². The number of hydrogen-bond donors (Lipinski definition) is 2. The first-order valence-electron chi connectivity index (χ1n) is 3.80. The van der Waals surface area contributed by atoms with E-state index < -0.39 is 23.4 Å². The summed E-state index contributed by atoms with van der Waals surface area (Å²) in [6, 6.07) is -1.37. The molecule has 0 rings (SSSR count). The Balaban J connectivity index is 4.88. The maximum absolute atomic E-state index is 10.7. The van der Waals surface area contributed by atoms with Crippen molar-refractivity contribution < 1.29 is 19.8 Å². The minimum absolute atomic E-state index is 0.372. The van der Waals surface area contributed by atoms with Crippen LogP contribution >= 0.6 is 0 Å². The first-order valence-corrected chi connectivity index (χ1v) is 3.80. The molecule has 1 atom stereocenters. The van der Waals surface area contributed by atoms with E-state index in [1.807, 2.05) is 0 Å². The van der Waals surface area contributed by atoms with Gasteiger partial charge in [-0.05, 0) is 10.9 Å². The molecule has 0 aliphatic heterocycles. The van der Waals surface area contributed by atoms with Gasteiger partial charge in [0.1, 0.15) is 6.04 Å². The average Bonchev–Trinajstić information content (AvgIpc) is 1.96. The van der Waals surface area contributed by atoms with Gasteiger partial charge in [-0.25, -0.2) is 0 Å². The summed E-state index contributed by atoms with van der Waals surface area (Å²) in [7, 11) is 0. The Bertz CT molecular complexity index is 291. The minimum Gasteiger partial charge on any atom is -0.481 e. The van der Waals surface area contributed by atoms with Crippen LogP contribution in [0.5, 0.6) is 0 Å². The molecule has 7 heteroatoms. The van der Waals surface area contributed by atoms with E-state index in [1.165, 1.54) is 13.8 Å². The number of carboxylic acids is 2. The van der Waals surface area contributed by atoms with Crippen molar-refractivity contribution >= 4 is 11.9 Å². The highest BCUT2D eigenvalue weighted by molar-refractivity contribution is 5.76. The largest absolute Gasteiger partial charge is 0.481 e. The fourth-order valence-corrected chi connectivity index (χ4v) is 1.08. The molecule has 7 nitrogen and oxygen atoms in total. The molecular weight excluding hydrogens is 190 g/mol. The summed E-state index contributed by atoms with van der Waals surface area (Å²) < 4.78 is 0. The van der Waals surface area contributed by atoms with Crippen molar-refractivity contribution in [2.45, 2.75) is 26.3 Å². The van der Waals surface area contributed by atoms with E-state index in [-0.39, 0.29) is 6.42 Å². The van der Waals surface area contributed by atoms with Crippen LogP contribution in [0, 0.1) is 5.41 Å². The fourth-order valence-electron chi connectivity index (χ4n) is 1.08. The van der Waals surface area contributed by atoms with Crippen molar-refractivity contribution in [1.29, 1.82) is 0 Å². The van der Waals surface area contributed by atoms with Crippen molar-refractivity contribution in [1.82, 2.24) is 0 Å². The lowest BCUT2D eigenvalue weighted by atomic mass is 9.81. The van der Waals surface area contributed by atoms with Gasteiger partial charge in [-0.1, -0.05) is 19.0 Å². The SMILES string of the molecule is CC(C)(CC(=O)O)C(N=[N+]=[N-])C(=O)O. The lowest BCUT2D eigenvalue weighted by molar-refractivity contribution is -0.144. The van der Waals surface area contributed by atoms with E-state index in [9.17, 15) is 9.59 Å². The minimum atomic E-state index is -1.37. The Morgan fingerprint density at radius 3 is 2.29 bits per heavy atom. The second kappa shape index (κ2) is 4.48. The van der Waals surface area contributed by atoms with Crippen LogP contribution in [-0.2, 0) is 9.59 Å². The summed E-state index contributed by atoms with van der Waals surface area (Å²) in [4.78, 5) is 23.5. The maximum atomic E-state index is 10.7.